The van der Waals surface area contributed by atoms with Crippen molar-refractivity contribution in [1.82, 2.24) is 25.3 Å². The molecule has 2 heterocycles. The normalized spacial score (nSPS) is 10.3. The van der Waals surface area contributed by atoms with E-state index in [9.17, 15) is 4.79 Å². The van der Waals surface area contributed by atoms with Gasteiger partial charge in [-0.2, -0.15) is 4.98 Å². The third-order valence-corrected chi connectivity index (χ3v) is 1.93. The Morgan fingerprint density at radius 3 is 3.19 bits per heavy atom. The van der Waals surface area contributed by atoms with Crippen molar-refractivity contribution in [3.8, 4) is 5.88 Å². The van der Waals surface area contributed by atoms with E-state index >= 15 is 0 Å². The second-order valence-electron chi connectivity index (χ2n) is 2.79. The molecule has 0 aromatic carbocycles. The fraction of sp³-hybridized carbons (Fsp3) is 0.250. The highest BCUT2D eigenvalue weighted by Crippen LogP contribution is 2.16. The van der Waals surface area contributed by atoms with Gasteiger partial charge in [0.05, 0.1) is 6.33 Å². The van der Waals surface area contributed by atoms with Crippen molar-refractivity contribution in [3.05, 3.63) is 12.7 Å². The zero-order valence-electron chi connectivity index (χ0n) is 8.11. The molecule has 0 aliphatic rings. The summed E-state index contributed by atoms with van der Waals surface area (Å²) in [5.74, 6) is 0.452. The Labute approximate surface area is 95.2 Å². The number of hydrogen-bond donors (Lipinski definition) is 2. The molecule has 0 fully saturated rings. The monoisotopic (exact) mass is 241 g/mol. The van der Waals surface area contributed by atoms with E-state index in [1.807, 2.05) is 0 Å². The van der Waals surface area contributed by atoms with E-state index in [2.05, 4.69) is 25.3 Å². The Balaban J connectivity index is 2.14. The number of imidazole rings is 1. The number of amides is 1. The molecule has 7 nitrogen and oxygen atoms in total. The van der Waals surface area contributed by atoms with Gasteiger partial charge in [0.25, 0.3) is 5.88 Å². The zero-order chi connectivity index (χ0) is 11.4. The van der Waals surface area contributed by atoms with Gasteiger partial charge in [-0.3, -0.25) is 0 Å². The Kier molecular flexibility index (Phi) is 3.16. The largest absolute Gasteiger partial charge is 0.414 e. The van der Waals surface area contributed by atoms with Crippen molar-refractivity contribution in [2.75, 3.05) is 12.4 Å². The number of carbonyl (C=O) groups is 1. The summed E-state index contributed by atoms with van der Waals surface area (Å²) in [6.45, 7) is 0.331. The van der Waals surface area contributed by atoms with E-state index in [-0.39, 0.29) is 5.88 Å². The number of carbonyl (C=O) groups excluding carboxylic acids is 1. The fourth-order valence-electron chi connectivity index (χ4n) is 1.09. The molecule has 0 aliphatic carbocycles. The minimum absolute atomic E-state index is 0.134. The van der Waals surface area contributed by atoms with Gasteiger partial charge in [-0.05, 0) is 0 Å². The molecule has 2 rings (SSSR count). The molecule has 1 amide bonds. The molecule has 2 aromatic heterocycles. The first-order valence-electron chi connectivity index (χ1n) is 4.47. The topological polar surface area (TPSA) is 92.8 Å². The van der Waals surface area contributed by atoms with Crippen molar-refractivity contribution in [2.45, 2.75) is 0 Å². The molecular weight excluding hydrogens is 234 g/mol. The Morgan fingerprint density at radius 2 is 2.38 bits per heavy atom. The van der Waals surface area contributed by atoms with Gasteiger partial charge >= 0.3 is 6.09 Å². The van der Waals surface area contributed by atoms with Crippen LogP contribution in [0.3, 0.4) is 0 Å². The third kappa shape index (κ3) is 2.19. The van der Waals surface area contributed by atoms with Crippen LogP contribution in [0.5, 0.6) is 5.88 Å². The third-order valence-electron chi connectivity index (χ3n) is 1.74. The first kappa shape index (κ1) is 10.6. The molecule has 2 aromatic rings. The van der Waals surface area contributed by atoms with Crippen LogP contribution < -0.4 is 10.1 Å². The smallest absolute Gasteiger partial charge is 0.389 e. The van der Waals surface area contributed by atoms with Crippen LogP contribution in [0.25, 0.3) is 11.2 Å². The maximum Gasteiger partial charge on any atom is 0.414 e. The number of nitrogens with zero attached hydrogens (tertiary/aromatic N) is 3. The highest BCUT2D eigenvalue weighted by molar-refractivity contribution is 6.18. The van der Waals surface area contributed by atoms with Crippen molar-refractivity contribution in [3.63, 3.8) is 0 Å². The van der Waals surface area contributed by atoms with E-state index < -0.39 is 6.09 Å². The van der Waals surface area contributed by atoms with Crippen molar-refractivity contribution in [2.24, 2.45) is 0 Å². The number of fused-ring (bicyclic) bond motifs is 1. The lowest BCUT2D eigenvalue weighted by Gasteiger charge is -2.03. The SMILES string of the molecule is O=C(NCCCl)Oc1ncnc2nc[nH]c12. The molecule has 8 heteroatoms. The number of rotatable bonds is 3. The van der Waals surface area contributed by atoms with E-state index in [0.717, 1.165) is 0 Å². The maximum atomic E-state index is 11.3. The van der Waals surface area contributed by atoms with Gasteiger partial charge in [0.15, 0.2) is 5.65 Å². The number of hydrogen-bond acceptors (Lipinski definition) is 5. The summed E-state index contributed by atoms with van der Waals surface area (Å²) in [7, 11) is 0. The Bertz CT molecular complexity index is 500. The van der Waals surface area contributed by atoms with Crippen molar-refractivity contribution < 1.29 is 9.53 Å². The van der Waals surface area contributed by atoms with Gasteiger partial charge in [0, 0.05) is 12.4 Å². The van der Waals surface area contributed by atoms with E-state index in [1.165, 1.54) is 12.7 Å². The molecular formula is C8H8ClN5O2. The molecule has 0 unspecified atom stereocenters. The van der Waals surface area contributed by atoms with Crippen molar-refractivity contribution >= 4 is 28.9 Å². The van der Waals surface area contributed by atoms with Crippen LogP contribution >= 0.6 is 11.6 Å². The van der Waals surface area contributed by atoms with Crippen LogP contribution in [0.4, 0.5) is 4.79 Å². The first-order chi connectivity index (χ1) is 7.81. The lowest BCUT2D eigenvalue weighted by atomic mass is 10.5. The average molecular weight is 242 g/mol. The molecule has 84 valence electrons. The fourth-order valence-corrected chi connectivity index (χ4v) is 1.19. The predicted octanol–water partition coefficient (Wildman–Crippen LogP) is 0.680. The summed E-state index contributed by atoms with van der Waals surface area (Å²) < 4.78 is 4.96. The van der Waals surface area contributed by atoms with Crippen LogP contribution in [0, 0.1) is 0 Å². The number of aromatic amines is 1. The highest BCUT2D eigenvalue weighted by Gasteiger charge is 2.10. The highest BCUT2D eigenvalue weighted by atomic mass is 35.5. The molecule has 2 N–H and O–H groups in total. The van der Waals surface area contributed by atoms with Gasteiger partial charge in [-0.15, -0.1) is 11.6 Å². The van der Waals surface area contributed by atoms with E-state index in [1.54, 1.807) is 0 Å². The first-order valence-corrected chi connectivity index (χ1v) is 5.00. The van der Waals surface area contributed by atoms with Crippen LogP contribution in [-0.2, 0) is 0 Å². The molecule has 0 atom stereocenters. The van der Waals surface area contributed by atoms with Gasteiger partial charge in [-0.25, -0.2) is 14.8 Å². The van der Waals surface area contributed by atoms with Gasteiger partial charge in [-0.1, -0.05) is 0 Å². The van der Waals surface area contributed by atoms with Gasteiger partial charge in [0.1, 0.15) is 11.8 Å². The predicted molar refractivity (Wildman–Crippen MR) is 56.4 cm³/mol. The number of halogens is 1. The summed E-state index contributed by atoms with van der Waals surface area (Å²) in [5, 5.41) is 2.45. The summed E-state index contributed by atoms with van der Waals surface area (Å²) >= 11 is 5.41. The molecule has 0 bridgehead atoms. The zero-order valence-corrected chi connectivity index (χ0v) is 8.86. The molecule has 0 radical (unpaired) electrons. The number of ether oxygens (including phenoxy) is 1. The average Bonchev–Trinajstić information content (AvgIpc) is 2.75. The quantitative estimate of drug-likeness (QED) is 0.771. The summed E-state index contributed by atoms with van der Waals surface area (Å²) in [6, 6.07) is 0. The number of nitrogens with one attached hydrogen (secondary N) is 2. The number of aromatic nitrogens is 4. The summed E-state index contributed by atoms with van der Waals surface area (Å²) in [6.07, 6.45) is 2.10. The number of alkyl halides is 1. The minimum atomic E-state index is -0.616. The summed E-state index contributed by atoms with van der Waals surface area (Å²) in [4.78, 5) is 25.7. The Morgan fingerprint density at radius 1 is 1.50 bits per heavy atom. The van der Waals surface area contributed by atoms with Crippen LogP contribution in [0.1, 0.15) is 0 Å². The van der Waals surface area contributed by atoms with Gasteiger partial charge in [0.2, 0.25) is 0 Å². The lowest BCUT2D eigenvalue weighted by molar-refractivity contribution is 0.200. The Hall–Kier alpha value is -1.89. The second-order valence-corrected chi connectivity index (χ2v) is 3.16. The number of H-pyrrole nitrogens is 1. The van der Waals surface area contributed by atoms with Gasteiger partial charge < -0.3 is 15.0 Å². The van der Waals surface area contributed by atoms with Crippen LogP contribution in [0.15, 0.2) is 12.7 Å². The second kappa shape index (κ2) is 4.75. The van der Waals surface area contributed by atoms with E-state index in [4.69, 9.17) is 16.3 Å². The summed E-state index contributed by atoms with van der Waals surface area (Å²) in [5.41, 5.74) is 0.915. The minimum Gasteiger partial charge on any atom is -0.389 e. The maximum absolute atomic E-state index is 11.3. The van der Waals surface area contributed by atoms with Crippen LogP contribution in [0.2, 0.25) is 0 Å². The molecule has 0 saturated carbocycles. The molecule has 16 heavy (non-hydrogen) atoms. The molecule has 0 aliphatic heterocycles. The van der Waals surface area contributed by atoms with E-state index in [0.29, 0.717) is 23.6 Å². The molecule has 0 saturated heterocycles. The van der Waals surface area contributed by atoms with Crippen molar-refractivity contribution in [1.29, 1.82) is 0 Å². The standard InChI is InChI=1S/C8H8ClN5O2/c9-1-2-10-8(15)16-7-5-6(12-3-11-5)13-4-14-7/h3-4H,1-2H2,(H,10,15)(H,11,12,13,14). The molecule has 0 spiro atoms. The lowest BCUT2D eigenvalue weighted by Crippen LogP contribution is -2.28. The van der Waals surface area contributed by atoms with Crippen LogP contribution in [-0.4, -0.2) is 38.5 Å².